The molecule has 1 aliphatic heterocycles. The Morgan fingerprint density at radius 1 is 1.19 bits per heavy atom. The van der Waals surface area contributed by atoms with E-state index in [0.29, 0.717) is 44.7 Å². The van der Waals surface area contributed by atoms with Crippen molar-refractivity contribution in [3.63, 3.8) is 0 Å². The van der Waals surface area contributed by atoms with Crippen molar-refractivity contribution in [3.05, 3.63) is 42.1 Å². The smallest absolute Gasteiger partial charge is 0.251 e. The van der Waals surface area contributed by atoms with E-state index in [9.17, 15) is 14.7 Å². The van der Waals surface area contributed by atoms with Gasteiger partial charge in [-0.1, -0.05) is 6.07 Å². The number of aromatic nitrogens is 1. The molecule has 0 radical (unpaired) electrons. The van der Waals surface area contributed by atoms with Gasteiger partial charge < -0.3 is 20.1 Å². The SMILES string of the molecule is O=C(N[C@@H]1C[C@H](C(=O)N2CCOCC2)C[C@H]1O)c1ccc2ncccc2c1. The number of aliphatic hydroxyl groups excluding tert-OH is 1. The molecular formula is C20H23N3O4. The monoisotopic (exact) mass is 369 g/mol. The number of nitrogens with one attached hydrogen (secondary N) is 1. The van der Waals surface area contributed by atoms with Crippen molar-refractivity contribution in [2.24, 2.45) is 5.92 Å². The Bertz CT molecular complexity index is 850. The molecule has 2 aliphatic rings. The molecule has 1 aromatic carbocycles. The zero-order valence-corrected chi connectivity index (χ0v) is 15.0. The number of ether oxygens (including phenoxy) is 1. The number of benzene rings is 1. The number of morpholine rings is 1. The van der Waals surface area contributed by atoms with Gasteiger partial charge in [-0.2, -0.15) is 0 Å². The predicted molar refractivity (Wildman–Crippen MR) is 99.1 cm³/mol. The maximum atomic E-state index is 12.6. The summed E-state index contributed by atoms with van der Waals surface area (Å²) in [5, 5.41) is 14.1. The Balaban J connectivity index is 1.41. The number of aliphatic hydroxyl groups is 1. The third-order valence-corrected chi connectivity index (χ3v) is 5.38. The fraction of sp³-hybridized carbons (Fsp3) is 0.450. The average Bonchev–Trinajstić information content (AvgIpc) is 3.08. The second kappa shape index (κ2) is 7.62. The van der Waals surface area contributed by atoms with Crippen LogP contribution in [0.5, 0.6) is 0 Å². The van der Waals surface area contributed by atoms with Gasteiger partial charge in [-0.25, -0.2) is 0 Å². The standard InChI is InChI=1S/C20H23N3O4/c24-18-12-15(20(26)23-6-8-27-9-7-23)11-17(18)22-19(25)14-3-4-16-13(10-14)2-1-5-21-16/h1-5,10,15,17-18,24H,6-9,11-12H2,(H,22,25)/t15-,17+,18+/m0/s1. The van der Waals surface area contributed by atoms with Crippen molar-refractivity contribution in [1.82, 2.24) is 15.2 Å². The maximum absolute atomic E-state index is 12.6. The molecule has 0 bridgehead atoms. The van der Waals surface area contributed by atoms with Crippen LogP contribution in [-0.4, -0.2) is 65.3 Å². The molecule has 1 aliphatic carbocycles. The third kappa shape index (κ3) is 3.79. The highest BCUT2D eigenvalue weighted by atomic mass is 16.5. The molecule has 0 unspecified atom stereocenters. The van der Waals surface area contributed by atoms with E-state index in [1.807, 2.05) is 12.1 Å². The van der Waals surface area contributed by atoms with E-state index >= 15 is 0 Å². The lowest BCUT2D eigenvalue weighted by atomic mass is 10.1. The van der Waals surface area contributed by atoms with Gasteiger partial charge in [0.25, 0.3) is 5.91 Å². The van der Waals surface area contributed by atoms with E-state index in [0.717, 1.165) is 10.9 Å². The van der Waals surface area contributed by atoms with Crippen LogP contribution in [0.1, 0.15) is 23.2 Å². The average molecular weight is 369 g/mol. The first-order valence-corrected chi connectivity index (χ1v) is 9.32. The minimum atomic E-state index is -0.717. The molecule has 7 nitrogen and oxygen atoms in total. The van der Waals surface area contributed by atoms with Crippen LogP contribution in [0.2, 0.25) is 0 Å². The maximum Gasteiger partial charge on any atom is 0.251 e. The number of rotatable bonds is 3. The highest BCUT2D eigenvalue weighted by Gasteiger charge is 2.39. The molecule has 3 atom stereocenters. The van der Waals surface area contributed by atoms with Crippen LogP contribution in [-0.2, 0) is 9.53 Å². The molecule has 2 heterocycles. The number of hydrogen-bond donors (Lipinski definition) is 2. The number of carbonyl (C=O) groups is 2. The summed E-state index contributed by atoms with van der Waals surface area (Å²) in [5.74, 6) is -0.459. The minimum absolute atomic E-state index is 0.0471. The highest BCUT2D eigenvalue weighted by molar-refractivity contribution is 5.98. The first kappa shape index (κ1) is 17.9. The summed E-state index contributed by atoms with van der Waals surface area (Å²) in [4.78, 5) is 31.3. The Hall–Kier alpha value is -2.51. The molecule has 142 valence electrons. The van der Waals surface area contributed by atoms with Gasteiger partial charge in [0.05, 0.1) is 30.9 Å². The van der Waals surface area contributed by atoms with E-state index in [-0.39, 0.29) is 17.7 Å². The number of carbonyl (C=O) groups excluding carboxylic acids is 2. The van der Waals surface area contributed by atoms with Crippen LogP contribution in [0.4, 0.5) is 0 Å². The molecule has 2 amide bonds. The summed E-state index contributed by atoms with van der Waals surface area (Å²) in [6.45, 7) is 2.29. The van der Waals surface area contributed by atoms with Crippen molar-refractivity contribution in [2.75, 3.05) is 26.3 Å². The molecule has 2 fully saturated rings. The van der Waals surface area contributed by atoms with Crippen molar-refractivity contribution < 1.29 is 19.4 Å². The van der Waals surface area contributed by atoms with E-state index in [4.69, 9.17) is 4.74 Å². The molecule has 2 N–H and O–H groups in total. The summed E-state index contributed by atoms with van der Waals surface area (Å²) >= 11 is 0. The van der Waals surface area contributed by atoms with Gasteiger partial charge in [-0.3, -0.25) is 14.6 Å². The second-order valence-corrected chi connectivity index (χ2v) is 7.16. The van der Waals surface area contributed by atoms with Gasteiger partial charge in [-0.15, -0.1) is 0 Å². The minimum Gasteiger partial charge on any atom is -0.391 e. The van der Waals surface area contributed by atoms with Crippen LogP contribution in [0.25, 0.3) is 10.9 Å². The molecule has 2 aromatic rings. The first-order valence-electron chi connectivity index (χ1n) is 9.32. The molecule has 1 saturated carbocycles. The van der Waals surface area contributed by atoms with Gasteiger partial charge in [0.1, 0.15) is 0 Å². The van der Waals surface area contributed by atoms with E-state index in [2.05, 4.69) is 10.3 Å². The highest BCUT2D eigenvalue weighted by Crippen LogP contribution is 2.28. The van der Waals surface area contributed by atoms with Crippen LogP contribution < -0.4 is 5.32 Å². The number of pyridine rings is 1. The largest absolute Gasteiger partial charge is 0.391 e. The van der Waals surface area contributed by atoms with Crippen molar-refractivity contribution in [2.45, 2.75) is 25.0 Å². The van der Waals surface area contributed by atoms with Crippen LogP contribution in [0.15, 0.2) is 36.5 Å². The molecule has 27 heavy (non-hydrogen) atoms. The summed E-state index contributed by atoms with van der Waals surface area (Å²) in [6.07, 6.45) is 1.83. The quantitative estimate of drug-likeness (QED) is 0.841. The fourth-order valence-electron chi connectivity index (χ4n) is 3.88. The number of nitrogens with zero attached hydrogens (tertiary/aromatic N) is 2. The number of hydrogen-bond acceptors (Lipinski definition) is 5. The molecule has 7 heteroatoms. The Morgan fingerprint density at radius 3 is 2.81 bits per heavy atom. The second-order valence-electron chi connectivity index (χ2n) is 7.16. The summed E-state index contributed by atoms with van der Waals surface area (Å²) in [7, 11) is 0. The molecule has 0 spiro atoms. The lowest BCUT2D eigenvalue weighted by Gasteiger charge is -2.29. The Kier molecular flexibility index (Phi) is 5.05. The third-order valence-electron chi connectivity index (χ3n) is 5.38. The number of amides is 2. The van der Waals surface area contributed by atoms with Crippen molar-refractivity contribution in [3.8, 4) is 0 Å². The van der Waals surface area contributed by atoms with E-state index in [1.54, 1.807) is 29.3 Å². The van der Waals surface area contributed by atoms with Gasteiger partial charge in [0.2, 0.25) is 5.91 Å². The zero-order chi connectivity index (χ0) is 18.8. The normalized spacial score (nSPS) is 25.5. The van der Waals surface area contributed by atoms with Crippen LogP contribution >= 0.6 is 0 Å². The zero-order valence-electron chi connectivity index (χ0n) is 15.0. The number of fused-ring (bicyclic) bond motifs is 1. The molecule has 4 rings (SSSR count). The topological polar surface area (TPSA) is 91.8 Å². The van der Waals surface area contributed by atoms with Gasteiger partial charge >= 0.3 is 0 Å². The lowest BCUT2D eigenvalue weighted by molar-refractivity contribution is -0.139. The van der Waals surface area contributed by atoms with Crippen molar-refractivity contribution in [1.29, 1.82) is 0 Å². The lowest BCUT2D eigenvalue weighted by Crippen LogP contribution is -2.43. The summed E-state index contributed by atoms with van der Waals surface area (Å²) in [5.41, 5.74) is 1.34. The summed E-state index contributed by atoms with van der Waals surface area (Å²) in [6, 6.07) is 8.63. The van der Waals surface area contributed by atoms with Crippen LogP contribution in [0, 0.1) is 5.92 Å². The van der Waals surface area contributed by atoms with Gasteiger partial charge in [0.15, 0.2) is 0 Å². The van der Waals surface area contributed by atoms with E-state index < -0.39 is 12.1 Å². The van der Waals surface area contributed by atoms with Gasteiger partial charge in [0, 0.05) is 36.2 Å². The van der Waals surface area contributed by atoms with E-state index in [1.165, 1.54) is 0 Å². The first-order chi connectivity index (χ1) is 13.1. The fourth-order valence-corrected chi connectivity index (χ4v) is 3.88. The Labute approximate surface area is 157 Å². The Morgan fingerprint density at radius 2 is 2.00 bits per heavy atom. The van der Waals surface area contributed by atoms with Crippen LogP contribution in [0.3, 0.4) is 0 Å². The summed E-state index contributed by atoms with van der Waals surface area (Å²) < 4.78 is 5.28. The van der Waals surface area contributed by atoms with Gasteiger partial charge in [-0.05, 0) is 37.1 Å². The molecule has 1 saturated heterocycles. The molecule has 1 aromatic heterocycles. The van der Waals surface area contributed by atoms with Crippen molar-refractivity contribution >= 4 is 22.7 Å². The molecular weight excluding hydrogens is 346 g/mol. The predicted octanol–water partition coefficient (Wildman–Crippen LogP) is 0.963.